The Morgan fingerprint density at radius 2 is 0.875 bits per heavy atom. The van der Waals surface area contributed by atoms with Crippen molar-refractivity contribution in [3.8, 4) is 22.3 Å². The molecule has 0 aliphatic carbocycles. The van der Waals surface area contributed by atoms with Gasteiger partial charge in [-0.15, -0.1) is 0 Å². The highest BCUT2D eigenvalue weighted by molar-refractivity contribution is 6.21. The van der Waals surface area contributed by atoms with E-state index < -0.39 is 46.1 Å². The zero-order chi connectivity index (χ0) is 23.4. The molecule has 3 rings (SSSR count). The number of aromatic carboxylic acids is 2. The summed E-state index contributed by atoms with van der Waals surface area (Å²) in [5.74, 6) is -5.19. The molecule has 0 saturated carbocycles. The van der Waals surface area contributed by atoms with Crippen molar-refractivity contribution >= 4 is 23.9 Å². The van der Waals surface area contributed by atoms with Crippen LogP contribution < -0.4 is 0 Å². The summed E-state index contributed by atoms with van der Waals surface area (Å²) < 4.78 is 9.75. The van der Waals surface area contributed by atoms with Crippen LogP contribution in [-0.2, 0) is 9.47 Å². The number of esters is 2. The molecular formula is C24H18O8. The van der Waals surface area contributed by atoms with Gasteiger partial charge in [-0.25, -0.2) is 19.2 Å². The van der Waals surface area contributed by atoms with E-state index in [0.717, 1.165) is 14.2 Å². The van der Waals surface area contributed by atoms with Crippen LogP contribution in [0.25, 0.3) is 22.3 Å². The molecule has 3 aromatic rings. The average molecular weight is 434 g/mol. The molecule has 0 heterocycles. The Morgan fingerprint density at radius 1 is 0.562 bits per heavy atom. The molecule has 0 saturated heterocycles. The molecule has 3 aromatic carbocycles. The normalized spacial score (nSPS) is 10.3. The van der Waals surface area contributed by atoms with E-state index >= 15 is 0 Å². The first-order valence-electron chi connectivity index (χ1n) is 9.31. The van der Waals surface area contributed by atoms with E-state index in [9.17, 15) is 29.4 Å². The maximum Gasteiger partial charge on any atom is 0.339 e. The Hall–Kier alpha value is -4.46. The molecular weight excluding hydrogens is 416 g/mol. The molecule has 0 fully saturated rings. The minimum atomic E-state index is -1.58. The largest absolute Gasteiger partial charge is 0.478 e. The van der Waals surface area contributed by atoms with Crippen LogP contribution in [0, 0.1) is 0 Å². The number of hydrogen-bond donors (Lipinski definition) is 2. The Labute approximate surface area is 182 Å². The number of benzene rings is 3. The lowest BCUT2D eigenvalue weighted by Crippen LogP contribution is -2.22. The van der Waals surface area contributed by atoms with Crippen LogP contribution in [0.1, 0.15) is 41.4 Å². The van der Waals surface area contributed by atoms with E-state index in [1.807, 2.05) is 0 Å². The standard InChI is InChI=1S/C24H18O8/c1-31-23(29)19-15(13-9-5-3-6-10-13)17(21(25)26)18(22(27)28)16(20(19)24(30)32-2)14-11-7-4-8-12-14/h3-12H,1-2H3,(H,25,26)(H,27,28). The number of carboxylic acid groups (broad SMARTS) is 2. The van der Waals surface area contributed by atoms with E-state index in [4.69, 9.17) is 9.47 Å². The van der Waals surface area contributed by atoms with Crippen LogP contribution in [-0.4, -0.2) is 48.3 Å². The van der Waals surface area contributed by atoms with Gasteiger partial charge in [0.05, 0.1) is 36.5 Å². The summed E-state index contributed by atoms with van der Waals surface area (Å²) in [5, 5.41) is 20.1. The van der Waals surface area contributed by atoms with Gasteiger partial charge in [0.25, 0.3) is 0 Å². The Balaban J connectivity index is 2.73. The molecule has 0 unspecified atom stereocenters. The van der Waals surface area contributed by atoms with Crippen molar-refractivity contribution in [3.05, 3.63) is 82.9 Å². The number of carboxylic acids is 2. The highest BCUT2D eigenvalue weighted by Crippen LogP contribution is 2.41. The van der Waals surface area contributed by atoms with Gasteiger partial charge in [0, 0.05) is 11.1 Å². The van der Waals surface area contributed by atoms with Gasteiger partial charge in [0.1, 0.15) is 0 Å². The summed E-state index contributed by atoms with van der Waals surface area (Å²) in [6, 6.07) is 15.7. The summed E-state index contributed by atoms with van der Waals surface area (Å²) in [6.07, 6.45) is 0. The lowest BCUT2D eigenvalue weighted by atomic mass is 9.81. The first kappa shape index (κ1) is 22.2. The maximum absolute atomic E-state index is 12.9. The molecule has 0 aromatic heterocycles. The molecule has 0 aliphatic heterocycles. The summed E-state index contributed by atoms with van der Waals surface area (Å²) in [5.41, 5.74) is -2.13. The van der Waals surface area contributed by atoms with Gasteiger partial charge in [-0.05, 0) is 11.1 Å². The van der Waals surface area contributed by atoms with Crippen LogP contribution in [0.2, 0.25) is 0 Å². The molecule has 0 aliphatic rings. The minimum absolute atomic E-state index is 0.220. The van der Waals surface area contributed by atoms with Crippen LogP contribution in [0.4, 0.5) is 0 Å². The number of hydrogen-bond acceptors (Lipinski definition) is 6. The number of rotatable bonds is 6. The Morgan fingerprint density at radius 3 is 1.12 bits per heavy atom. The third kappa shape index (κ3) is 3.81. The monoisotopic (exact) mass is 434 g/mol. The number of carbonyl (C=O) groups is 4. The van der Waals surface area contributed by atoms with Crippen molar-refractivity contribution in [3.63, 3.8) is 0 Å². The molecule has 0 spiro atoms. The molecule has 2 N–H and O–H groups in total. The lowest BCUT2D eigenvalue weighted by molar-refractivity contribution is 0.0554. The van der Waals surface area contributed by atoms with Gasteiger partial charge < -0.3 is 19.7 Å². The van der Waals surface area contributed by atoms with Gasteiger partial charge in [-0.1, -0.05) is 60.7 Å². The highest BCUT2D eigenvalue weighted by atomic mass is 16.5. The first-order chi connectivity index (χ1) is 15.3. The van der Waals surface area contributed by atoms with E-state index in [1.54, 1.807) is 36.4 Å². The third-order valence-electron chi connectivity index (χ3n) is 4.83. The number of carbonyl (C=O) groups excluding carboxylic acids is 2. The molecule has 0 bridgehead atoms. The fraction of sp³-hybridized carbons (Fsp3) is 0.0833. The van der Waals surface area contributed by atoms with Crippen molar-refractivity contribution in [1.82, 2.24) is 0 Å². The van der Waals surface area contributed by atoms with E-state index in [2.05, 4.69) is 0 Å². The zero-order valence-corrected chi connectivity index (χ0v) is 17.1. The molecule has 0 amide bonds. The van der Waals surface area contributed by atoms with E-state index in [-0.39, 0.29) is 22.3 Å². The fourth-order valence-electron chi connectivity index (χ4n) is 3.58. The smallest absolute Gasteiger partial charge is 0.339 e. The lowest BCUT2D eigenvalue weighted by Gasteiger charge is -2.22. The van der Waals surface area contributed by atoms with Crippen molar-refractivity contribution in [1.29, 1.82) is 0 Å². The third-order valence-corrected chi connectivity index (χ3v) is 4.83. The fourth-order valence-corrected chi connectivity index (χ4v) is 3.58. The van der Waals surface area contributed by atoms with E-state index in [1.165, 1.54) is 24.3 Å². The van der Waals surface area contributed by atoms with Gasteiger partial charge in [0.2, 0.25) is 0 Å². The van der Waals surface area contributed by atoms with Gasteiger partial charge in [-0.3, -0.25) is 0 Å². The zero-order valence-electron chi connectivity index (χ0n) is 17.1. The topological polar surface area (TPSA) is 127 Å². The summed E-state index contributed by atoms with van der Waals surface area (Å²) in [6.45, 7) is 0. The molecule has 32 heavy (non-hydrogen) atoms. The quantitative estimate of drug-likeness (QED) is 0.558. The van der Waals surface area contributed by atoms with Crippen molar-refractivity contribution in [2.45, 2.75) is 0 Å². The van der Waals surface area contributed by atoms with Gasteiger partial charge >= 0.3 is 23.9 Å². The first-order valence-corrected chi connectivity index (χ1v) is 9.31. The Kier molecular flexibility index (Phi) is 6.34. The van der Waals surface area contributed by atoms with Crippen molar-refractivity contribution in [2.24, 2.45) is 0 Å². The van der Waals surface area contributed by atoms with Crippen LogP contribution >= 0.6 is 0 Å². The van der Waals surface area contributed by atoms with Crippen molar-refractivity contribution < 1.29 is 38.9 Å². The predicted molar refractivity (Wildman–Crippen MR) is 114 cm³/mol. The summed E-state index contributed by atoms with van der Waals surface area (Å²) >= 11 is 0. The summed E-state index contributed by atoms with van der Waals surface area (Å²) in [4.78, 5) is 50.6. The molecule has 0 atom stereocenters. The van der Waals surface area contributed by atoms with Crippen LogP contribution in [0.3, 0.4) is 0 Å². The SMILES string of the molecule is COC(=O)c1c(C(=O)OC)c(-c2ccccc2)c(C(=O)O)c(C(=O)O)c1-c1ccccc1. The van der Waals surface area contributed by atoms with E-state index in [0.29, 0.717) is 0 Å². The number of ether oxygens (including phenoxy) is 2. The second-order valence-electron chi connectivity index (χ2n) is 6.58. The van der Waals surface area contributed by atoms with Crippen LogP contribution in [0.15, 0.2) is 60.7 Å². The average Bonchev–Trinajstić information content (AvgIpc) is 2.82. The predicted octanol–water partition coefficient (Wildman–Crippen LogP) is 3.99. The number of methoxy groups -OCH3 is 2. The second kappa shape index (κ2) is 9.13. The molecule has 8 nitrogen and oxygen atoms in total. The molecule has 8 heteroatoms. The summed E-state index contributed by atoms with van der Waals surface area (Å²) in [7, 11) is 2.15. The van der Waals surface area contributed by atoms with Gasteiger partial charge in [-0.2, -0.15) is 0 Å². The molecule has 162 valence electrons. The van der Waals surface area contributed by atoms with Crippen LogP contribution in [0.5, 0.6) is 0 Å². The second-order valence-corrected chi connectivity index (χ2v) is 6.58. The molecule has 0 radical (unpaired) electrons. The van der Waals surface area contributed by atoms with Gasteiger partial charge in [0.15, 0.2) is 0 Å². The maximum atomic E-state index is 12.9. The Bertz CT molecular complexity index is 1120. The van der Waals surface area contributed by atoms with Crippen molar-refractivity contribution in [2.75, 3.05) is 14.2 Å². The highest BCUT2D eigenvalue weighted by Gasteiger charge is 2.37. The minimum Gasteiger partial charge on any atom is -0.478 e.